The Hall–Kier alpha value is -3.66. The van der Waals surface area contributed by atoms with Crippen LogP contribution in [0.2, 0.25) is 0 Å². The summed E-state index contributed by atoms with van der Waals surface area (Å²) in [7, 11) is 1.73. The highest BCUT2D eigenvalue weighted by atomic mass is 19.1. The third kappa shape index (κ3) is 6.12. The molecule has 2 aromatic carbocycles. The quantitative estimate of drug-likeness (QED) is 0.582. The van der Waals surface area contributed by atoms with Crippen molar-refractivity contribution in [2.24, 2.45) is 0 Å². The number of ether oxygens (including phenoxy) is 2. The van der Waals surface area contributed by atoms with Crippen molar-refractivity contribution in [2.45, 2.75) is 57.4 Å². The third-order valence-corrected chi connectivity index (χ3v) is 6.23. The summed E-state index contributed by atoms with van der Waals surface area (Å²) in [5, 5.41) is 8.24. The van der Waals surface area contributed by atoms with Gasteiger partial charge >= 0.3 is 6.03 Å². The van der Waals surface area contributed by atoms with Crippen LogP contribution in [0.5, 0.6) is 5.75 Å². The molecule has 9 nitrogen and oxygen atoms in total. The lowest BCUT2D eigenvalue weighted by molar-refractivity contribution is -0.130. The van der Waals surface area contributed by atoms with E-state index in [9.17, 15) is 18.8 Å². The lowest BCUT2D eigenvalue weighted by atomic mass is 9.94. The van der Waals surface area contributed by atoms with E-state index in [2.05, 4.69) is 16.0 Å². The van der Waals surface area contributed by atoms with Crippen LogP contribution in [-0.4, -0.2) is 60.7 Å². The molecule has 2 heterocycles. The molecular weight excluding hydrogens is 467 g/mol. The highest BCUT2D eigenvalue weighted by Crippen LogP contribution is 2.32. The standard InChI is InChI=1S/C26H31FN4O5/c1-15(2)28-26(34)30-18-8-11-22-20(12-18)25(33)31(3)21-10-9-19(36-23(21)14-35-22)13-24(32)29-17-6-4-16(27)5-7-17/h4-8,11-12,15,19,21,23H,9-10,13-14H2,1-3H3,(H,29,32)(H2,28,30,34)/t19-,21+,23-/m1/s1. The summed E-state index contributed by atoms with van der Waals surface area (Å²) >= 11 is 0. The largest absolute Gasteiger partial charge is 0.490 e. The molecule has 0 aliphatic carbocycles. The van der Waals surface area contributed by atoms with Crippen LogP contribution < -0.4 is 20.7 Å². The topological polar surface area (TPSA) is 109 Å². The van der Waals surface area contributed by atoms with Gasteiger partial charge in [0.1, 0.15) is 24.3 Å². The normalized spacial score (nSPS) is 21.4. The summed E-state index contributed by atoms with van der Waals surface area (Å²) in [6, 6.07) is 9.92. The van der Waals surface area contributed by atoms with Crippen LogP contribution in [0.15, 0.2) is 42.5 Å². The van der Waals surface area contributed by atoms with Crippen molar-refractivity contribution in [2.75, 3.05) is 24.3 Å². The number of anilines is 2. The van der Waals surface area contributed by atoms with Crippen LogP contribution in [0.25, 0.3) is 0 Å². The summed E-state index contributed by atoms with van der Waals surface area (Å²) < 4.78 is 25.2. The van der Waals surface area contributed by atoms with E-state index in [4.69, 9.17) is 9.47 Å². The van der Waals surface area contributed by atoms with Crippen molar-refractivity contribution in [1.82, 2.24) is 10.2 Å². The number of amides is 4. The minimum Gasteiger partial charge on any atom is -0.490 e. The van der Waals surface area contributed by atoms with Gasteiger partial charge in [-0.15, -0.1) is 0 Å². The second-order valence-corrected chi connectivity index (χ2v) is 9.39. The van der Waals surface area contributed by atoms with Gasteiger partial charge in [-0.05, 0) is 69.2 Å². The van der Waals surface area contributed by atoms with Crippen LogP contribution in [-0.2, 0) is 9.53 Å². The summed E-state index contributed by atoms with van der Waals surface area (Å²) in [5.74, 6) is -0.431. The number of hydrogen-bond acceptors (Lipinski definition) is 5. The first-order chi connectivity index (χ1) is 17.2. The molecule has 0 spiro atoms. The van der Waals surface area contributed by atoms with E-state index >= 15 is 0 Å². The highest BCUT2D eigenvalue weighted by Gasteiger charge is 2.39. The van der Waals surface area contributed by atoms with Gasteiger partial charge in [-0.2, -0.15) is 0 Å². The maximum atomic E-state index is 13.3. The first-order valence-electron chi connectivity index (χ1n) is 12.0. The summed E-state index contributed by atoms with van der Waals surface area (Å²) in [6.07, 6.45) is 0.652. The fourth-order valence-corrected chi connectivity index (χ4v) is 4.49. The van der Waals surface area contributed by atoms with Gasteiger partial charge < -0.3 is 30.3 Å². The molecule has 0 aromatic heterocycles. The molecule has 2 aliphatic rings. The number of fused-ring (bicyclic) bond motifs is 2. The van der Waals surface area contributed by atoms with Crippen molar-refractivity contribution in [1.29, 1.82) is 0 Å². The Morgan fingerprint density at radius 1 is 1.08 bits per heavy atom. The fourth-order valence-electron chi connectivity index (χ4n) is 4.49. The van der Waals surface area contributed by atoms with Crippen molar-refractivity contribution >= 4 is 29.2 Å². The van der Waals surface area contributed by atoms with Crippen molar-refractivity contribution in [3.8, 4) is 5.75 Å². The number of nitrogens with zero attached hydrogens (tertiary/aromatic N) is 1. The van der Waals surface area contributed by atoms with Gasteiger partial charge in [-0.1, -0.05) is 0 Å². The molecule has 4 rings (SSSR count). The summed E-state index contributed by atoms with van der Waals surface area (Å²) in [4.78, 5) is 39.5. The third-order valence-electron chi connectivity index (χ3n) is 6.23. The molecule has 0 unspecified atom stereocenters. The van der Waals surface area contributed by atoms with Crippen LogP contribution in [0.4, 0.5) is 20.6 Å². The number of halogens is 1. The average Bonchev–Trinajstić information content (AvgIpc) is 2.82. The zero-order valence-corrected chi connectivity index (χ0v) is 20.5. The lowest BCUT2D eigenvalue weighted by Crippen LogP contribution is -2.53. The Morgan fingerprint density at radius 2 is 1.81 bits per heavy atom. The van der Waals surface area contributed by atoms with Crippen LogP contribution in [0.1, 0.15) is 43.5 Å². The van der Waals surface area contributed by atoms with Crippen molar-refractivity contribution < 1.29 is 28.2 Å². The lowest BCUT2D eigenvalue weighted by Gasteiger charge is -2.42. The molecule has 36 heavy (non-hydrogen) atoms. The zero-order chi connectivity index (χ0) is 25.8. The predicted octanol–water partition coefficient (Wildman–Crippen LogP) is 3.77. The van der Waals surface area contributed by atoms with E-state index in [1.807, 2.05) is 13.8 Å². The second-order valence-electron chi connectivity index (χ2n) is 9.39. The molecule has 3 atom stereocenters. The monoisotopic (exact) mass is 498 g/mol. The van der Waals surface area contributed by atoms with Gasteiger partial charge in [0, 0.05) is 24.5 Å². The van der Waals surface area contributed by atoms with Crippen LogP contribution in [0.3, 0.4) is 0 Å². The van der Waals surface area contributed by atoms with Gasteiger partial charge in [-0.25, -0.2) is 9.18 Å². The first kappa shape index (κ1) is 25.4. The average molecular weight is 499 g/mol. The molecule has 0 saturated carbocycles. The smallest absolute Gasteiger partial charge is 0.319 e. The molecule has 1 fully saturated rings. The number of benzene rings is 2. The van der Waals surface area contributed by atoms with E-state index in [1.165, 1.54) is 24.3 Å². The highest BCUT2D eigenvalue weighted by molar-refractivity contribution is 5.99. The van der Waals surface area contributed by atoms with Crippen LogP contribution >= 0.6 is 0 Å². The Balaban J connectivity index is 1.41. The molecule has 0 radical (unpaired) electrons. The van der Waals surface area contributed by atoms with Crippen molar-refractivity contribution in [3.05, 3.63) is 53.8 Å². The molecule has 2 aliphatic heterocycles. The van der Waals surface area contributed by atoms with Gasteiger partial charge in [-0.3, -0.25) is 9.59 Å². The maximum absolute atomic E-state index is 13.3. The van der Waals surface area contributed by atoms with E-state index in [1.54, 1.807) is 30.1 Å². The van der Waals surface area contributed by atoms with Gasteiger partial charge in [0.05, 0.1) is 24.1 Å². The molecule has 2 aromatic rings. The van der Waals surface area contributed by atoms with Crippen LogP contribution in [0, 0.1) is 5.82 Å². The van der Waals surface area contributed by atoms with Gasteiger partial charge in [0.25, 0.3) is 5.91 Å². The Labute approximate surface area is 209 Å². The number of carbonyl (C=O) groups excluding carboxylic acids is 3. The van der Waals surface area contributed by atoms with E-state index in [0.29, 0.717) is 35.5 Å². The number of likely N-dealkylation sites (N-methyl/N-ethyl adjacent to an activating group) is 1. The van der Waals surface area contributed by atoms with E-state index in [0.717, 1.165) is 0 Å². The van der Waals surface area contributed by atoms with E-state index in [-0.39, 0.29) is 54.9 Å². The molecule has 4 amide bonds. The zero-order valence-electron chi connectivity index (χ0n) is 20.5. The molecule has 192 valence electrons. The number of carbonyl (C=O) groups is 3. The number of urea groups is 1. The molecule has 3 N–H and O–H groups in total. The van der Waals surface area contributed by atoms with E-state index < -0.39 is 6.10 Å². The fraction of sp³-hybridized carbons (Fsp3) is 0.423. The number of nitrogens with one attached hydrogen (secondary N) is 3. The molecule has 0 bridgehead atoms. The molecule has 10 heteroatoms. The van der Waals surface area contributed by atoms with Gasteiger partial charge in [0.15, 0.2) is 0 Å². The summed E-state index contributed by atoms with van der Waals surface area (Å²) in [5.41, 5.74) is 1.36. The number of rotatable bonds is 5. The second kappa shape index (κ2) is 10.9. The number of hydrogen-bond donors (Lipinski definition) is 3. The Bertz CT molecular complexity index is 1120. The van der Waals surface area contributed by atoms with Gasteiger partial charge in [0.2, 0.25) is 5.91 Å². The maximum Gasteiger partial charge on any atom is 0.319 e. The minimum absolute atomic E-state index is 0.0218. The predicted molar refractivity (Wildman–Crippen MR) is 133 cm³/mol. The summed E-state index contributed by atoms with van der Waals surface area (Å²) in [6.45, 7) is 3.93. The Kier molecular flexibility index (Phi) is 7.73. The molecule has 1 saturated heterocycles. The molecular formula is C26H31FN4O5. The first-order valence-corrected chi connectivity index (χ1v) is 12.0. The van der Waals surface area contributed by atoms with Crippen molar-refractivity contribution in [3.63, 3.8) is 0 Å². The minimum atomic E-state index is -0.404. The SMILES string of the molecule is CC(C)NC(=O)Nc1ccc2c(c1)C(=O)N(C)[C@H]1CC[C@H](CC(=O)Nc3ccc(F)cc3)O[C@@H]1CO2. The Morgan fingerprint density at radius 3 is 2.53 bits per heavy atom.